The summed E-state index contributed by atoms with van der Waals surface area (Å²) in [6.07, 6.45) is 0. The molecule has 1 aromatic carbocycles. The second-order valence-corrected chi connectivity index (χ2v) is 3.06. The summed E-state index contributed by atoms with van der Waals surface area (Å²) >= 11 is 0. The Bertz CT molecular complexity index is 664. The number of hydrogen-bond donors (Lipinski definition) is 2. The van der Waals surface area contributed by atoms with Gasteiger partial charge in [0, 0.05) is 5.39 Å². The van der Waals surface area contributed by atoms with Gasteiger partial charge in [-0.05, 0) is 6.07 Å². The van der Waals surface area contributed by atoms with Gasteiger partial charge in [-0.25, -0.2) is 4.79 Å². The molecule has 0 aliphatic heterocycles. The maximum Gasteiger partial charge on any atom is 0.439 e. The number of aromatic amines is 2. The molecule has 2 aromatic heterocycles. The highest BCUT2D eigenvalue weighted by Gasteiger charge is 2.11. The number of nitrogens with zero attached hydrogens (tertiary/aromatic N) is 2. The quantitative estimate of drug-likeness (QED) is 0.613. The molecule has 15 heavy (non-hydrogen) atoms. The number of aromatic nitrogens is 4. The fourth-order valence-corrected chi connectivity index (χ4v) is 1.48. The van der Waals surface area contributed by atoms with Gasteiger partial charge in [-0.15, -0.1) is 0 Å². The van der Waals surface area contributed by atoms with Crippen LogP contribution in [-0.4, -0.2) is 20.3 Å². The van der Waals surface area contributed by atoms with Crippen LogP contribution in [0.3, 0.4) is 0 Å². The first-order chi connectivity index (χ1) is 7.34. The van der Waals surface area contributed by atoms with Crippen molar-refractivity contribution in [3.63, 3.8) is 0 Å². The van der Waals surface area contributed by atoms with E-state index in [9.17, 15) is 4.79 Å². The summed E-state index contributed by atoms with van der Waals surface area (Å²) in [5, 5.41) is 11.4. The second-order valence-electron chi connectivity index (χ2n) is 3.06. The topological polar surface area (TPSA) is 87.6 Å². The van der Waals surface area contributed by atoms with E-state index in [-0.39, 0.29) is 0 Å². The Labute approximate surface area is 82.9 Å². The van der Waals surface area contributed by atoms with Crippen LogP contribution in [-0.2, 0) is 0 Å². The number of benzene rings is 1. The van der Waals surface area contributed by atoms with Gasteiger partial charge in [-0.3, -0.25) is 14.6 Å². The molecule has 0 spiro atoms. The Morgan fingerprint density at radius 2 is 2.13 bits per heavy atom. The molecule has 0 fully saturated rings. The highest BCUT2D eigenvalue weighted by molar-refractivity contribution is 5.90. The first-order valence-electron chi connectivity index (χ1n) is 4.34. The van der Waals surface area contributed by atoms with Crippen LogP contribution in [0.5, 0.6) is 0 Å². The normalized spacial score (nSPS) is 10.9. The Kier molecular flexibility index (Phi) is 1.49. The number of para-hydroxylation sites is 1. The number of H-pyrrole nitrogens is 2. The van der Waals surface area contributed by atoms with Crippen LogP contribution in [0.25, 0.3) is 22.4 Å². The van der Waals surface area contributed by atoms with Crippen molar-refractivity contribution in [2.75, 3.05) is 0 Å². The zero-order valence-electron chi connectivity index (χ0n) is 7.52. The summed E-state index contributed by atoms with van der Waals surface area (Å²) in [5.41, 5.74) is 1.47. The maximum atomic E-state index is 10.8. The molecule has 0 unspecified atom stereocenters. The molecule has 2 N–H and O–H groups in total. The van der Waals surface area contributed by atoms with Crippen molar-refractivity contribution in [2.24, 2.45) is 0 Å². The molecule has 0 radical (unpaired) electrons. The lowest BCUT2D eigenvalue weighted by Crippen LogP contribution is -1.94. The predicted octanol–water partition coefficient (Wildman–Crippen LogP) is 0.906. The van der Waals surface area contributed by atoms with Crippen molar-refractivity contribution in [1.82, 2.24) is 20.3 Å². The number of rotatable bonds is 1. The molecule has 0 aliphatic carbocycles. The van der Waals surface area contributed by atoms with Crippen molar-refractivity contribution in [1.29, 1.82) is 0 Å². The van der Waals surface area contributed by atoms with Crippen molar-refractivity contribution in [3.8, 4) is 11.5 Å². The smallest absolute Gasteiger partial charge is 0.296 e. The van der Waals surface area contributed by atoms with Crippen molar-refractivity contribution in [3.05, 3.63) is 34.8 Å². The van der Waals surface area contributed by atoms with Gasteiger partial charge in [-0.2, -0.15) is 5.10 Å². The van der Waals surface area contributed by atoms with E-state index in [4.69, 9.17) is 0 Å². The Hall–Kier alpha value is -2.37. The van der Waals surface area contributed by atoms with Gasteiger partial charge < -0.3 is 0 Å². The molecule has 0 saturated carbocycles. The summed E-state index contributed by atoms with van der Waals surface area (Å²) < 4.78 is 4.42. The van der Waals surface area contributed by atoms with E-state index < -0.39 is 5.76 Å². The van der Waals surface area contributed by atoms with Gasteiger partial charge in [0.1, 0.15) is 5.69 Å². The van der Waals surface area contributed by atoms with Crippen molar-refractivity contribution >= 4 is 10.9 Å². The van der Waals surface area contributed by atoms with E-state index >= 15 is 0 Å². The molecule has 0 saturated heterocycles. The van der Waals surface area contributed by atoms with Crippen LogP contribution in [0, 0.1) is 0 Å². The Balaban J connectivity index is 2.32. The van der Waals surface area contributed by atoms with Gasteiger partial charge in [0.05, 0.1) is 5.52 Å². The predicted molar refractivity (Wildman–Crippen MR) is 52.2 cm³/mol. The van der Waals surface area contributed by atoms with Crippen LogP contribution < -0.4 is 5.76 Å². The molecular weight excluding hydrogens is 196 g/mol. The SMILES string of the molecule is O=c1[nH]c(-c2n[nH]c3ccccc23)no1. The molecule has 0 atom stereocenters. The van der Waals surface area contributed by atoms with Crippen LogP contribution >= 0.6 is 0 Å². The van der Waals surface area contributed by atoms with Crippen LogP contribution in [0.1, 0.15) is 0 Å². The van der Waals surface area contributed by atoms with E-state index in [0.717, 1.165) is 10.9 Å². The number of nitrogens with one attached hydrogen (secondary N) is 2. The lowest BCUT2D eigenvalue weighted by Gasteiger charge is -1.88. The summed E-state index contributed by atoms with van der Waals surface area (Å²) in [4.78, 5) is 13.3. The van der Waals surface area contributed by atoms with Crippen molar-refractivity contribution in [2.45, 2.75) is 0 Å². The highest BCUT2D eigenvalue weighted by Crippen LogP contribution is 2.21. The first-order valence-corrected chi connectivity index (χ1v) is 4.34. The molecule has 3 rings (SSSR count). The molecule has 3 aromatic rings. The van der Waals surface area contributed by atoms with Gasteiger partial charge in [0.2, 0.25) is 5.82 Å². The maximum absolute atomic E-state index is 10.8. The first kappa shape index (κ1) is 7.98. The van der Waals surface area contributed by atoms with E-state index in [1.54, 1.807) is 0 Å². The summed E-state index contributed by atoms with van der Waals surface area (Å²) in [7, 11) is 0. The third-order valence-corrected chi connectivity index (χ3v) is 2.13. The van der Waals surface area contributed by atoms with Gasteiger partial charge >= 0.3 is 5.76 Å². The van der Waals surface area contributed by atoms with E-state index in [2.05, 4.69) is 24.9 Å². The summed E-state index contributed by atoms with van der Waals surface area (Å²) in [6, 6.07) is 7.57. The number of hydrogen-bond acceptors (Lipinski definition) is 4. The fourth-order valence-electron chi connectivity index (χ4n) is 1.48. The second kappa shape index (κ2) is 2.81. The third kappa shape index (κ3) is 1.15. The average molecular weight is 202 g/mol. The Morgan fingerprint density at radius 3 is 2.93 bits per heavy atom. The van der Waals surface area contributed by atoms with Gasteiger partial charge in [0.15, 0.2) is 0 Å². The summed E-state index contributed by atoms with van der Waals surface area (Å²) in [5.74, 6) is -0.255. The minimum absolute atomic E-state index is 0.331. The zero-order chi connectivity index (χ0) is 10.3. The standard InChI is InChI=1S/C9H6N4O2/c14-9-10-8(13-15-9)7-5-3-1-2-4-6(5)11-12-7/h1-4H,(H,11,12)(H,10,13,14). The molecular formula is C9H6N4O2. The van der Waals surface area contributed by atoms with Crippen LogP contribution in [0.15, 0.2) is 33.6 Å². The van der Waals surface area contributed by atoms with Crippen molar-refractivity contribution < 1.29 is 4.52 Å². The molecule has 2 heterocycles. The van der Waals surface area contributed by atoms with E-state index in [1.807, 2.05) is 24.3 Å². The van der Waals surface area contributed by atoms with E-state index in [1.165, 1.54) is 0 Å². The molecule has 6 heteroatoms. The monoisotopic (exact) mass is 202 g/mol. The lowest BCUT2D eigenvalue weighted by molar-refractivity contribution is 0.388. The number of fused-ring (bicyclic) bond motifs is 1. The summed E-state index contributed by atoms with van der Waals surface area (Å²) in [6.45, 7) is 0. The third-order valence-electron chi connectivity index (χ3n) is 2.13. The van der Waals surface area contributed by atoms with Gasteiger partial charge in [0.25, 0.3) is 0 Å². The minimum atomic E-state index is -0.586. The highest BCUT2D eigenvalue weighted by atomic mass is 16.5. The molecule has 0 amide bonds. The average Bonchev–Trinajstić information content (AvgIpc) is 2.83. The van der Waals surface area contributed by atoms with Gasteiger partial charge in [-0.1, -0.05) is 23.4 Å². The fraction of sp³-hybridized carbons (Fsp3) is 0. The lowest BCUT2D eigenvalue weighted by atomic mass is 10.2. The van der Waals surface area contributed by atoms with E-state index in [0.29, 0.717) is 11.5 Å². The Morgan fingerprint density at radius 1 is 1.27 bits per heavy atom. The molecule has 6 nitrogen and oxygen atoms in total. The minimum Gasteiger partial charge on any atom is -0.296 e. The molecule has 0 bridgehead atoms. The molecule has 74 valence electrons. The molecule has 0 aliphatic rings. The van der Waals surface area contributed by atoms with Crippen LogP contribution in [0.2, 0.25) is 0 Å². The zero-order valence-corrected chi connectivity index (χ0v) is 7.52. The largest absolute Gasteiger partial charge is 0.439 e. The van der Waals surface area contributed by atoms with Crippen LogP contribution in [0.4, 0.5) is 0 Å².